The van der Waals surface area contributed by atoms with Crippen molar-refractivity contribution in [2.75, 3.05) is 6.54 Å². The van der Waals surface area contributed by atoms with E-state index in [1.54, 1.807) is 32.9 Å². The van der Waals surface area contributed by atoms with Crippen LogP contribution in [0.5, 0.6) is 0 Å². The Morgan fingerprint density at radius 2 is 1.68 bits per heavy atom. The fourth-order valence-corrected chi connectivity index (χ4v) is 4.21. The van der Waals surface area contributed by atoms with Crippen LogP contribution in [0.25, 0.3) is 0 Å². The van der Waals surface area contributed by atoms with Crippen LogP contribution >= 0.6 is 0 Å². The van der Waals surface area contributed by atoms with E-state index in [-0.39, 0.29) is 17.0 Å². The molecule has 8 heteroatoms. The molecule has 1 aromatic rings. The number of hydrogen-bond acceptors (Lipinski definition) is 6. The molecule has 2 heterocycles. The van der Waals surface area contributed by atoms with E-state index in [2.05, 4.69) is 0 Å². The molecule has 2 aliphatic heterocycles. The SMILES string of the molecule is CC(C)(C)OC(=O)N1CCC2CCC21C(=O)ON1C(=O)c2ccccc2C1=O. The Balaban J connectivity index is 1.56. The van der Waals surface area contributed by atoms with Gasteiger partial charge in [-0.3, -0.25) is 14.5 Å². The molecule has 2 unspecified atom stereocenters. The van der Waals surface area contributed by atoms with Crippen molar-refractivity contribution >= 4 is 23.9 Å². The molecule has 28 heavy (non-hydrogen) atoms. The van der Waals surface area contributed by atoms with Gasteiger partial charge in [0.15, 0.2) is 0 Å². The van der Waals surface area contributed by atoms with Gasteiger partial charge in [-0.1, -0.05) is 17.2 Å². The molecule has 4 rings (SSSR count). The Labute approximate surface area is 162 Å². The molecule has 0 spiro atoms. The minimum absolute atomic E-state index is 0.0669. The lowest BCUT2D eigenvalue weighted by molar-refractivity contribution is -0.190. The fraction of sp³-hybridized carbons (Fsp3) is 0.500. The van der Waals surface area contributed by atoms with Crippen molar-refractivity contribution in [2.45, 2.75) is 51.2 Å². The number of imide groups is 1. The minimum Gasteiger partial charge on any atom is -0.444 e. The van der Waals surface area contributed by atoms with Crippen molar-refractivity contribution < 1.29 is 28.8 Å². The molecular formula is C20H22N2O6. The van der Waals surface area contributed by atoms with Gasteiger partial charge in [0.2, 0.25) is 0 Å². The maximum absolute atomic E-state index is 13.1. The predicted molar refractivity (Wildman–Crippen MR) is 96.0 cm³/mol. The van der Waals surface area contributed by atoms with Crippen LogP contribution in [0.2, 0.25) is 0 Å². The fourth-order valence-electron chi connectivity index (χ4n) is 4.21. The van der Waals surface area contributed by atoms with Crippen molar-refractivity contribution in [1.29, 1.82) is 0 Å². The number of fused-ring (bicyclic) bond motifs is 2. The second-order valence-electron chi connectivity index (χ2n) is 8.41. The highest BCUT2D eigenvalue weighted by Crippen LogP contribution is 2.51. The third-order valence-corrected chi connectivity index (χ3v) is 5.63. The number of rotatable bonds is 2. The van der Waals surface area contributed by atoms with Crippen LogP contribution in [-0.2, 0) is 14.4 Å². The molecule has 0 aromatic heterocycles. The quantitative estimate of drug-likeness (QED) is 0.725. The normalized spacial score (nSPS) is 25.9. The van der Waals surface area contributed by atoms with Gasteiger partial charge in [-0.15, -0.1) is 0 Å². The number of hydroxylamine groups is 2. The van der Waals surface area contributed by atoms with Crippen LogP contribution in [0.1, 0.15) is 60.7 Å². The lowest BCUT2D eigenvalue weighted by atomic mass is 9.67. The summed E-state index contributed by atoms with van der Waals surface area (Å²) in [7, 11) is 0. The largest absolute Gasteiger partial charge is 0.444 e. The number of carbonyl (C=O) groups is 4. The number of benzene rings is 1. The van der Waals surface area contributed by atoms with Crippen LogP contribution in [0, 0.1) is 5.92 Å². The second-order valence-corrected chi connectivity index (χ2v) is 8.41. The molecule has 2 fully saturated rings. The summed E-state index contributed by atoms with van der Waals surface area (Å²) in [6, 6.07) is 6.29. The minimum atomic E-state index is -1.18. The van der Waals surface area contributed by atoms with E-state index < -0.39 is 35.0 Å². The summed E-state index contributed by atoms with van der Waals surface area (Å²) in [6.07, 6.45) is 1.25. The molecule has 1 aromatic carbocycles. The van der Waals surface area contributed by atoms with Gasteiger partial charge in [-0.05, 0) is 58.1 Å². The number of nitrogens with zero attached hydrogens (tertiary/aromatic N) is 2. The highest BCUT2D eigenvalue weighted by atomic mass is 16.7. The average Bonchev–Trinajstić information content (AvgIpc) is 3.00. The molecule has 1 saturated carbocycles. The van der Waals surface area contributed by atoms with Crippen LogP contribution in [0.4, 0.5) is 4.79 Å². The standard InChI is InChI=1S/C20H22N2O6/c1-19(2,3)27-18(26)21-11-9-12-8-10-20(12,21)17(25)28-22-15(23)13-6-4-5-7-14(13)16(22)24/h4-7,12H,8-11H2,1-3H3. The topological polar surface area (TPSA) is 93.2 Å². The third kappa shape index (κ3) is 2.58. The van der Waals surface area contributed by atoms with Gasteiger partial charge in [0.05, 0.1) is 11.1 Å². The molecule has 8 nitrogen and oxygen atoms in total. The number of ether oxygens (including phenoxy) is 1. The molecule has 3 aliphatic rings. The number of carbonyl (C=O) groups excluding carboxylic acids is 4. The van der Waals surface area contributed by atoms with Crippen molar-refractivity contribution in [3.05, 3.63) is 35.4 Å². The van der Waals surface area contributed by atoms with Crippen molar-refractivity contribution in [2.24, 2.45) is 5.92 Å². The van der Waals surface area contributed by atoms with Crippen LogP contribution in [0.15, 0.2) is 24.3 Å². The molecule has 0 bridgehead atoms. The van der Waals surface area contributed by atoms with Gasteiger partial charge in [0.1, 0.15) is 11.1 Å². The summed E-state index contributed by atoms with van der Waals surface area (Å²) in [5.41, 5.74) is -1.50. The van der Waals surface area contributed by atoms with Crippen molar-refractivity contribution in [3.63, 3.8) is 0 Å². The summed E-state index contributed by atoms with van der Waals surface area (Å²) in [6.45, 7) is 5.63. The lowest BCUT2D eigenvalue weighted by Gasteiger charge is -2.47. The average molecular weight is 386 g/mol. The second kappa shape index (κ2) is 6.05. The van der Waals surface area contributed by atoms with Gasteiger partial charge in [0, 0.05) is 6.54 Å². The van der Waals surface area contributed by atoms with E-state index in [9.17, 15) is 19.2 Å². The zero-order valence-corrected chi connectivity index (χ0v) is 16.1. The van der Waals surface area contributed by atoms with Gasteiger partial charge >= 0.3 is 12.1 Å². The Hall–Kier alpha value is -2.90. The van der Waals surface area contributed by atoms with E-state index in [1.807, 2.05) is 0 Å². The number of likely N-dealkylation sites (tertiary alicyclic amines) is 1. The van der Waals surface area contributed by atoms with Crippen LogP contribution in [-0.4, -0.2) is 51.5 Å². The Morgan fingerprint density at radius 1 is 1.07 bits per heavy atom. The van der Waals surface area contributed by atoms with E-state index in [1.165, 1.54) is 17.0 Å². The predicted octanol–water partition coefficient (Wildman–Crippen LogP) is 2.53. The number of amides is 3. The van der Waals surface area contributed by atoms with E-state index >= 15 is 0 Å². The molecular weight excluding hydrogens is 364 g/mol. The maximum Gasteiger partial charge on any atom is 0.411 e. The van der Waals surface area contributed by atoms with Gasteiger partial charge < -0.3 is 9.57 Å². The smallest absolute Gasteiger partial charge is 0.411 e. The number of hydrogen-bond donors (Lipinski definition) is 0. The zero-order chi connectivity index (χ0) is 20.3. The molecule has 0 radical (unpaired) electrons. The van der Waals surface area contributed by atoms with Crippen LogP contribution < -0.4 is 0 Å². The molecule has 1 aliphatic carbocycles. The van der Waals surface area contributed by atoms with E-state index in [4.69, 9.17) is 9.57 Å². The molecule has 148 valence electrons. The highest BCUT2D eigenvalue weighted by molar-refractivity contribution is 6.21. The van der Waals surface area contributed by atoms with Crippen molar-refractivity contribution in [1.82, 2.24) is 9.96 Å². The lowest BCUT2D eigenvalue weighted by Crippen LogP contribution is -2.63. The molecule has 3 amide bonds. The first-order chi connectivity index (χ1) is 13.1. The Kier molecular flexibility index (Phi) is 3.99. The zero-order valence-electron chi connectivity index (χ0n) is 16.1. The summed E-state index contributed by atoms with van der Waals surface area (Å²) >= 11 is 0. The molecule has 2 atom stereocenters. The molecule has 0 N–H and O–H groups in total. The Bertz CT molecular complexity index is 854. The summed E-state index contributed by atoms with van der Waals surface area (Å²) in [5.74, 6) is -2.18. The summed E-state index contributed by atoms with van der Waals surface area (Å²) in [5, 5.41) is 0.503. The maximum atomic E-state index is 13.1. The van der Waals surface area contributed by atoms with Gasteiger partial charge in [0.25, 0.3) is 11.8 Å². The van der Waals surface area contributed by atoms with Gasteiger partial charge in [-0.2, -0.15) is 0 Å². The van der Waals surface area contributed by atoms with Crippen molar-refractivity contribution in [3.8, 4) is 0 Å². The summed E-state index contributed by atoms with van der Waals surface area (Å²) < 4.78 is 5.44. The van der Waals surface area contributed by atoms with E-state index in [0.717, 1.165) is 6.42 Å². The van der Waals surface area contributed by atoms with Crippen LogP contribution in [0.3, 0.4) is 0 Å². The first-order valence-electron chi connectivity index (χ1n) is 9.36. The highest BCUT2D eigenvalue weighted by Gasteiger charge is 2.64. The van der Waals surface area contributed by atoms with E-state index in [0.29, 0.717) is 24.4 Å². The third-order valence-electron chi connectivity index (χ3n) is 5.63. The monoisotopic (exact) mass is 386 g/mol. The van der Waals surface area contributed by atoms with Gasteiger partial charge in [-0.25, -0.2) is 9.59 Å². The first-order valence-corrected chi connectivity index (χ1v) is 9.36. The summed E-state index contributed by atoms with van der Waals surface area (Å²) in [4.78, 5) is 57.4. The Morgan fingerprint density at radius 3 is 2.18 bits per heavy atom. The first kappa shape index (κ1) is 18.5. The molecule has 1 saturated heterocycles.